The predicted molar refractivity (Wildman–Crippen MR) is 63.1 cm³/mol. The fourth-order valence-corrected chi connectivity index (χ4v) is 1.28. The van der Waals surface area contributed by atoms with Gasteiger partial charge in [-0.05, 0) is 12.0 Å². The van der Waals surface area contributed by atoms with E-state index in [1.54, 1.807) is 7.11 Å². The molecule has 3 heteroatoms. The molecule has 1 aromatic carbocycles. The quantitative estimate of drug-likeness (QED) is 0.437. The number of aryl methyl sites for hydroxylation is 1. The molecule has 0 aromatic heterocycles. The van der Waals surface area contributed by atoms with Crippen LogP contribution in [0.1, 0.15) is 12.0 Å². The summed E-state index contributed by atoms with van der Waals surface area (Å²) >= 11 is 0. The summed E-state index contributed by atoms with van der Waals surface area (Å²) < 4.78 is 4.89. The molecule has 1 rings (SSSR count). The summed E-state index contributed by atoms with van der Waals surface area (Å²) in [7, 11) is 1.66. The lowest BCUT2D eigenvalue weighted by Gasteiger charge is -2.01. The number of rotatable bonds is 6. The number of nitrogens with two attached hydrogens (primary N) is 1. The van der Waals surface area contributed by atoms with Crippen molar-refractivity contribution in [3.05, 3.63) is 35.9 Å². The zero-order chi connectivity index (χ0) is 10.9. The van der Waals surface area contributed by atoms with Crippen LogP contribution in [0.4, 0.5) is 0 Å². The van der Waals surface area contributed by atoms with Crippen LogP contribution >= 0.6 is 0 Å². The first-order valence-corrected chi connectivity index (χ1v) is 5.14. The lowest BCUT2D eigenvalue weighted by atomic mass is 10.1. The van der Waals surface area contributed by atoms with Gasteiger partial charge in [-0.1, -0.05) is 30.3 Å². The third kappa shape index (κ3) is 5.18. The Labute approximate surface area is 91.0 Å². The molecule has 3 nitrogen and oxygen atoms in total. The summed E-state index contributed by atoms with van der Waals surface area (Å²) in [6.45, 7) is 1.28. The minimum absolute atomic E-state index is 0.631. The van der Waals surface area contributed by atoms with Crippen LogP contribution in [0.25, 0.3) is 0 Å². The molecule has 0 amide bonds. The van der Waals surface area contributed by atoms with Crippen molar-refractivity contribution in [2.24, 2.45) is 10.7 Å². The van der Waals surface area contributed by atoms with Crippen LogP contribution in [0.3, 0.4) is 0 Å². The van der Waals surface area contributed by atoms with Crippen molar-refractivity contribution in [2.75, 3.05) is 20.3 Å². The number of hydrogen-bond acceptors (Lipinski definition) is 2. The van der Waals surface area contributed by atoms with Crippen LogP contribution in [0.5, 0.6) is 0 Å². The Morgan fingerprint density at radius 1 is 1.33 bits per heavy atom. The molecular formula is C12H18N2O. The fraction of sp³-hybridized carbons (Fsp3) is 0.417. The second-order valence-electron chi connectivity index (χ2n) is 3.35. The van der Waals surface area contributed by atoms with E-state index < -0.39 is 0 Å². The third-order valence-corrected chi connectivity index (χ3v) is 2.12. The van der Waals surface area contributed by atoms with E-state index in [9.17, 15) is 0 Å². The Bertz CT molecular complexity index is 296. The molecule has 82 valence electrons. The molecule has 0 atom stereocenters. The van der Waals surface area contributed by atoms with Crippen molar-refractivity contribution >= 4 is 5.84 Å². The number of aliphatic imine (C=N–C) groups is 1. The van der Waals surface area contributed by atoms with E-state index in [4.69, 9.17) is 10.5 Å². The lowest BCUT2D eigenvalue weighted by Crippen LogP contribution is -2.14. The Kier molecular flexibility index (Phi) is 5.48. The van der Waals surface area contributed by atoms with Crippen molar-refractivity contribution in [1.29, 1.82) is 0 Å². The van der Waals surface area contributed by atoms with E-state index >= 15 is 0 Å². The molecule has 0 spiro atoms. The standard InChI is InChI=1S/C12H18N2O/c1-15-10-9-14-12(13)8-7-11-5-3-2-4-6-11/h2-6H,7-10H2,1H3,(H2,13,14). The number of amidine groups is 1. The van der Waals surface area contributed by atoms with Crippen molar-refractivity contribution < 1.29 is 4.74 Å². The van der Waals surface area contributed by atoms with E-state index in [0.29, 0.717) is 19.0 Å². The largest absolute Gasteiger partial charge is 0.387 e. The molecule has 0 saturated heterocycles. The SMILES string of the molecule is COCCN=C(N)CCc1ccccc1. The predicted octanol–water partition coefficient (Wildman–Crippen LogP) is 1.62. The first-order chi connectivity index (χ1) is 7.33. The Morgan fingerprint density at radius 3 is 2.73 bits per heavy atom. The molecule has 0 aliphatic carbocycles. The zero-order valence-electron chi connectivity index (χ0n) is 9.15. The summed E-state index contributed by atoms with van der Waals surface area (Å²) in [4.78, 5) is 4.20. The maximum atomic E-state index is 5.76. The van der Waals surface area contributed by atoms with Gasteiger partial charge in [0.1, 0.15) is 0 Å². The smallest absolute Gasteiger partial charge is 0.0941 e. The van der Waals surface area contributed by atoms with Gasteiger partial charge in [0, 0.05) is 13.5 Å². The van der Waals surface area contributed by atoms with Crippen LogP contribution in [-0.4, -0.2) is 26.1 Å². The van der Waals surface area contributed by atoms with Gasteiger partial charge < -0.3 is 10.5 Å². The average Bonchev–Trinajstić information content (AvgIpc) is 2.28. The summed E-state index contributed by atoms with van der Waals surface area (Å²) in [6.07, 6.45) is 1.76. The maximum absolute atomic E-state index is 5.76. The van der Waals surface area contributed by atoms with Gasteiger partial charge in [0.2, 0.25) is 0 Å². The van der Waals surface area contributed by atoms with Crippen LogP contribution < -0.4 is 5.73 Å². The molecule has 0 heterocycles. The highest BCUT2D eigenvalue weighted by Gasteiger charge is 1.95. The minimum Gasteiger partial charge on any atom is -0.387 e. The summed E-state index contributed by atoms with van der Waals surface area (Å²) in [5.41, 5.74) is 7.05. The zero-order valence-corrected chi connectivity index (χ0v) is 9.15. The second-order valence-corrected chi connectivity index (χ2v) is 3.35. The lowest BCUT2D eigenvalue weighted by molar-refractivity contribution is 0.208. The maximum Gasteiger partial charge on any atom is 0.0941 e. The number of nitrogens with zero attached hydrogens (tertiary/aromatic N) is 1. The van der Waals surface area contributed by atoms with Gasteiger partial charge in [0.15, 0.2) is 0 Å². The van der Waals surface area contributed by atoms with Gasteiger partial charge in [0.05, 0.1) is 19.0 Å². The molecule has 0 aliphatic rings. The normalized spacial score (nSPS) is 11.7. The molecule has 15 heavy (non-hydrogen) atoms. The Morgan fingerprint density at radius 2 is 2.07 bits per heavy atom. The Hall–Kier alpha value is -1.35. The first kappa shape index (κ1) is 11.7. The molecule has 0 aliphatic heterocycles. The van der Waals surface area contributed by atoms with E-state index in [1.165, 1.54) is 5.56 Å². The highest BCUT2D eigenvalue weighted by Crippen LogP contribution is 2.01. The summed E-state index contributed by atoms with van der Waals surface area (Å²) in [5.74, 6) is 0.705. The van der Waals surface area contributed by atoms with Crippen molar-refractivity contribution in [3.63, 3.8) is 0 Å². The number of hydrogen-bond donors (Lipinski definition) is 1. The molecule has 2 N–H and O–H groups in total. The number of ether oxygens (including phenoxy) is 1. The van der Waals surface area contributed by atoms with Gasteiger partial charge in [-0.3, -0.25) is 4.99 Å². The van der Waals surface area contributed by atoms with E-state index in [-0.39, 0.29) is 0 Å². The fourth-order valence-electron chi connectivity index (χ4n) is 1.28. The highest BCUT2D eigenvalue weighted by atomic mass is 16.5. The molecule has 1 aromatic rings. The highest BCUT2D eigenvalue weighted by molar-refractivity contribution is 5.80. The number of benzene rings is 1. The second kappa shape index (κ2) is 7.01. The van der Waals surface area contributed by atoms with Crippen molar-refractivity contribution in [1.82, 2.24) is 0 Å². The summed E-state index contributed by atoms with van der Waals surface area (Å²) in [6, 6.07) is 10.3. The van der Waals surface area contributed by atoms with Crippen LogP contribution in [0, 0.1) is 0 Å². The third-order valence-electron chi connectivity index (χ3n) is 2.12. The van der Waals surface area contributed by atoms with Crippen LogP contribution in [-0.2, 0) is 11.2 Å². The topological polar surface area (TPSA) is 47.6 Å². The van der Waals surface area contributed by atoms with Gasteiger partial charge in [0.25, 0.3) is 0 Å². The molecule has 0 radical (unpaired) electrons. The first-order valence-electron chi connectivity index (χ1n) is 5.14. The minimum atomic E-state index is 0.631. The van der Waals surface area contributed by atoms with Crippen LogP contribution in [0.15, 0.2) is 35.3 Å². The molecular weight excluding hydrogens is 188 g/mol. The van der Waals surface area contributed by atoms with Gasteiger partial charge in [-0.15, -0.1) is 0 Å². The van der Waals surface area contributed by atoms with Crippen molar-refractivity contribution in [2.45, 2.75) is 12.8 Å². The van der Waals surface area contributed by atoms with Crippen molar-refractivity contribution in [3.8, 4) is 0 Å². The van der Waals surface area contributed by atoms with Gasteiger partial charge >= 0.3 is 0 Å². The van der Waals surface area contributed by atoms with E-state index in [0.717, 1.165) is 12.8 Å². The monoisotopic (exact) mass is 206 g/mol. The van der Waals surface area contributed by atoms with E-state index in [2.05, 4.69) is 17.1 Å². The molecule has 0 unspecified atom stereocenters. The van der Waals surface area contributed by atoms with Gasteiger partial charge in [-0.25, -0.2) is 0 Å². The molecule has 0 saturated carbocycles. The number of methoxy groups -OCH3 is 1. The average molecular weight is 206 g/mol. The van der Waals surface area contributed by atoms with Crippen LogP contribution in [0.2, 0.25) is 0 Å². The van der Waals surface area contributed by atoms with E-state index in [1.807, 2.05) is 18.2 Å². The molecule has 0 fully saturated rings. The van der Waals surface area contributed by atoms with Gasteiger partial charge in [-0.2, -0.15) is 0 Å². The summed E-state index contributed by atoms with van der Waals surface area (Å²) in [5, 5.41) is 0. The Balaban J connectivity index is 2.28. The molecule has 0 bridgehead atoms.